The monoisotopic (exact) mass is 283 g/mol. The highest BCUT2D eigenvalue weighted by Gasteiger charge is 2.02. The normalized spacial score (nSPS) is 11.6. The van der Waals surface area contributed by atoms with Crippen molar-refractivity contribution in [3.8, 4) is 0 Å². The first kappa shape index (κ1) is 12.6. The van der Waals surface area contributed by atoms with Gasteiger partial charge < -0.3 is 5.32 Å². The number of fused-ring (bicyclic) bond motifs is 1. The van der Waals surface area contributed by atoms with E-state index in [9.17, 15) is 0 Å². The molecule has 0 bridgehead atoms. The summed E-state index contributed by atoms with van der Waals surface area (Å²) in [5, 5.41) is 3.15. The van der Waals surface area contributed by atoms with Crippen molar-refractivity contribution < 1.29 is 0 Å². The van der Waals surface area contributed by atoms with Crippen LogP contribution in [0.25, 0.3) is 10.2 Å². The van der Waals surface area contributed by atoms with Crippen LogP contribution in [0.2, 0.25) is 0 Å². The third-order valence-electron chi connectivity index (χ3n) is 2.73. The minimum atomic E-state index is 0.486. The number of hydrogen-bond donors (Lipinski definition) is 3. The van der Waals surface area contributed by atoms with E-state index in [2.05, 4.69) is 20.7 Å². The van der Waals surface area contributed by atoms with Gasteiger partial charge in [-0.1, -0.05) is 18.2 Å². The molecule has 5 nitrogen and oxygen atoms in total. The van der Waals surface area contributed by atoms with E-state index in [0.29, 0.717) is 5.96 Å². The number of hydrazine groups is 1. The summed E-state index contributed by atoms with van der Waals surface area (Å²) < 4.78 is 1.12. The Hall–Kier alpha value is -2.44. The highest BCUT2D eigenvalue weighted by atomic mass is 32.1. The van der Waals surface area contributed by atoms with Crippen molar-refractivity contribution in [2.45, 2.75) is 0 Å². The van der Waals surface area contributed by atoms with Crippen LogP contribution in [0.5, 0.6) is 0 Å². The van der Waals surface area contributed by atoms with Crippen LogP contribution in [0.15, 0.2) is 59.0 Å². The summed E-state index contributed by atoms with van der Waals surface area (Å²) in [6.45, 7) is 0. The predicted molar refractivity (Wildman–Crippen MR) is 84.1 cm³/mol. The van der Waals surface area contributed by atoms with Crippen LogP contribution in [0.4, 0.5) is 11.4 Å². The number of aromatic nitrogens is 1. The molecule has 0 radical (unpaired) electrons. The minimum Gasteiger partial charge on any atom is -0.325 e. The van der Waals surface area contributed by atoms with E-state index >= 15 is 0 Å². The molecule has 3 aromatic rings. The lowest BCUT2D eigenvalue weighted by Gasteiger charge is -2.09. The van der Waals surface area contributed by atoms with Crippen LogP contribution in [-0.4, -0.2) is 10.9 Å². The highest BCUT2D eigenvalue weighted by Crippen LogP contribution is 2.22. The number of nitrogens with two attached hydrogens (primary N) is 1. The van der Waals surface area contributed by atoms with Gasteiger partial charge in [-0.15, -0.1) is 11.3 Å². The van der Waals surface area contributed by atoms with Gasteiger partial charge in [-0.05, 0) is 30.3 Å². The Morgan fingerprint density at radius 1 is 1.15 bits per heavy atom. The van der Waals surface area contributed by atoms with E-state index in [-0.39, 0.29) is 0 Å². The molecule has 1 aromatic heterocycles. The molecule has 0 aliphatic rings. The van der Waals surface area contributed by atoms with Crippen LogP contribution in [0, 0.1) is 0 Å². The molecule has 0 saturated heterocycles. The second-order valence-electron chi connectivity index (χ2n) is 4.10. The number of anilines is 1. The molecule has 0 amide bonds. The van der Waals surface area contributed by atoms with Gasteiger partial charge in [0.1, 0.15) is 0 Å². The first-order valence-corrected chi connectivity index (χ1v) is 6.94. The maximum Gasteiger partial charge on any atom is 0.215 e. The van der Waals surface area contributed by atoms with Crippen molar-refractivity contribution >= 4 is 38.9 Å². The number of nitrogens with one attached hydrogen (secondary N) is 2. The van der Waals surface area contributed by atoms with Crippen molar-refractivity contribution in [3.05, 3.63) is 54.0 Å². The smallest absolute Gasteiger partial charge is 0.215 e. The van der Waals surface area contributed by atoms with Gasteiger partial charge in [0.15, 0.2) is 0 Å². The van der Waals surface area contributed by atoms with Gasteiger partial charge in [0, 0.05) is 5.69 Å². The van der Waals surface area contributed by atoms with E-state index in [0.717, 1.165) is 21.6 Å². The largest absolute Gasteiger partial charge is 0.325 e. The van der Waals surface area contributed by atoms with E-state index in [4.69, 9.17) is 5.84 Å². The number of para-hydroxylation sites is 1. The lowest BCUT2D eigenvalue weighted by molar-refractivity contribution is 1.02. The number of aliphatic imine (C=N–C) groups is 1. The zero-order chi connectivity index (χ0) is 13.8. The first-order valence-electron chi connectivity index (χ1n) is 6.06. The quantitative estimate of drug-likeness (QED) is 0.292. The van der Waals surface area contributed by atoms with Crippen molar-refractivity contribution in [2.24, 2.45) is 10.8 Å². The van der Waals surface area contributed by atoms with Gasteiger partial charge >= 0.3 is 0 Å². The summed E-state index contributed by atoms with van der Waals surface area (Å²) in [5.74, 6) is 5.99. The molecule has 1 heterocycles. The number of thiazole rings is 1. The van der Waals surface area contributed by atoms with Crippen molar-refractivity contribution in [3.63, 3.8) is 0 Å². The third kappa shape index (κ3) is 2.76. The zero-order valence-electron chi connectivity index (χ0n) is 10.6. The SMILES string of the molecule is NNC(=Nc1ccccc1)Nc1ccc2ncsc2c1. The number of nitrogens with zero attached hydrogens (tertiary/aromatic N) is 2. The molecule has 0 fully saturated rings. The average Bonchev–Trinajstić information content (AvgIpc) is 2.95. The predicted octanol–water partition coefficient (Wildman–Crippen LogP) is 2.86. The molecule has 0 atom stereocenters. The average molecular weight is 283 g/mol. The van der Waals surface area contributed by atoms with E-state index < -0.39 is 0 Å². The zero-order valence-corrected chi connectivity index (χ0v) is 11.4. The van der Waals surface area contributed by atoms with Crippen molar-refractivity contribution in [1.29, 1.82) is 0 Å². The number of rotatable bonds is 2. The molecule has 3 rings (SSSR count). The van der Waals surface area contributed by atoms with Gasteiger partial charge in [0.2, 0.25) is 5.96 Å². The molecular formula is C14H13N5S. The lowest BCUT2D eigenvalue weighted by Crippen LogP contribution is -2.35. The topological polar surface area (TPSA) is 75.3 Å². The summed E-state index contributed by atoms with van der Waals surface area (Å²) in [5.41, 5.74) is 7.12. The lowest BCUT2D eigenvalue weighted by atomic mass is 10.3. The third-order valence-corrected chi connectivity index (χ3v) is 3.52. The first-order chi connectivity index (χ1) is 9.85. The molecule has 0 aliphatic heterocycles. The molecular weight excluding hydrogens is 270 g/mol. The van der Waals surface area contributed by atoms with Crippen LogP contribution in [-0.2, 0) is 0 Å². The molecule has 100 valence electrons. The summed E-state index contributed by atoms with van der Waals surface area (Å²) in [6, 6.07) is 15.5. The van der Waals surface area contributed by atoms with Crippen LogP contribution >= 0.6 is 11.3 Å². The van der Waals surface area contributed by atoms with Crippen LogP contribution in [0.3, 0.4) is 0 Å². The van der Waals surface area contributed by atoms with Gasteiger partial charge in [-0.3, -0.25) is 5.43 Å². The van der Waals surface area contributed by atoms with Gasteiger partial charge in [-0.2, -0.15) is 0 Å². The summed E-state index contributed by atoms with van der Waals surface area (Å²) in [4.78, 5) is 8.64. The van der Waals surface area contributed by atoms with E-state index in [1.54, 1.807) is 11.3 Å². The molecule has 6 heteroatoms. The van der Waals surface area contributed by atoms with E-state index in [1.165, 1.54) is 0 Å². The Morgan fingerprint density at radius 2 is 2.00 bits per heavy atom. The Labute approximate surface area is 120 Å². The fourth-order valence-corrected chi connectivity index (χ4v) is 2.51. The highest BCUT2D eigenvalue weighted by molar-refractivity contribution is 7.16. The Morgan fingerprint density at radius 3 is 2.80 bits per heavy atom. The standard InChI is InChI=1S/C14H13N5S/c15-19-14(17-10-4-2-1-3-5-10)18-11-6-7-12-13(8-11)20-9-16-12/h1-9H,15H2,(H2,17,18,19). The van der Waals surface area contributed by atoms with Crippen LogP contribution < -0.4 is 16.6 Å². The number of guanidine groups is 1. The van der Waals surface area contributed by atoms with Crippen molar-refractivity contribution in [2.75, 3.05) is 5.32 Å². The fraction of sp³-hybridized carbons (Fsp3) is 0. The maximum atomic E-state index is 5.51. The Kier molecular flexibility index (Phi) is 3.58. The van der Waals surface area contributed by atoms with Gasteiger partial charge in [-0.25, -0.2) is 15.8 Å². The molecule has 4 N–H and O–H groups in total. The molecule has 0 saturated carbocycles. The molecule has 2 aromatic carbocycles. The van der Waals surface area contributed by atoms with E-state index in [1.807, 2.05) is 54.0 Å². The fourth-order valence-electron chi connectivity index (χ4n) is 1.80. The molecule has 0 spiro atoms. The second kappa shape index (κ2) is 5.68. The van der Waals surface area contributed by atoms with Crippen molar-refractivity contribution in [1.82, 2.24) is 10.4 Å². The van der Waals surface area contributed by atoms with Gasteiger partial charge in [0.05, 0.1) is 21.4 Å². The summed E-state index contributed by atoms with van der Waals surface area (Å²) in [7, 11) is 0. The minimum absolute atomic E-state index is 0.486. The summed E-state index contributed by atoms with van der Waals surface area (Å²) in [6.07, 6.45) is 0. The number of benzene rings is 2. The maximum absolute atomic E-state index is 5.51. The second-order valence-corrected chi connectivity index (χ2v) is 4.99. The number of hydrogen-bond acceptors (Lipinski definition) is 4. The Balaban J connectivity index is 1.85. The van der Waals surface area contributed by atoms with Gasteiger partial charge in [0.25, 0.3) is 0 Å². The molecule has 0 unspecified atom stereocenters. The molecule has 0 aliphatic carbocycles. The molecule has 20 heavy (non-hydrogen) atoms. The Bertz CT molecular complexity index is 735. The van der Waals surface area contributed by atoms with Crippen LogP contribution in [0.1, 0.15) is 0 Å². The summed E-state index contributed by atoms with van der Waals surface area (Å²) >= 11 is 1.60.